The van der Waals surface area contributed by atoms with Crippen LogP contribution in [0.3, 0.4) is 0 Å². The van der Waals surface area contributed by atoms with Crippen molar-refractivity contribution in [1.82, 2.24) is 4.90 Å². The number of likely N-dealkylation sites (tertiary alicyclic amines) is 1. The molecular formula is C16H22ClFN2O2. The number of benzene rings is 1. The van der Waals surface area contributed by atoms with Gasteiger partial charge in [-0.2, -0.15) is 0 Å². The molecule has 122 valence electrons. The number of rotatable bonds is 2. The number of nitrogens with zero attached hydrogens (tertiary/aromatic N) is 1. The number of hydrogen-bond donors (Lipinski definition) is 1. The van der Waals surface area contributed by atoms with Crippen molar-refractivity contribution >= 4 is 17.7 Å². The van der Waals surface area contributed by atoms with Crippen LogP contribution in [0.15, 0.2) is 18.2 Å². The second-order valence-corrected chi connectivity index (χ2v) is 7.07. The summed E-state index contributed by atoms with van der Waals surface area (Å²) in [5.41, 5.74) is 6.29. The molecule has 6 heteroatoms. The van der Waals surface area contributed by atoms with E-state index in [9.17, 15) is 9.18 Å². The predicted molar refractivity (Wildman–Crippen MR) is 84.3 cm³/mol. The Morgan fingerprint density at radius 1 is 1.50 bits per heavy atom. The molecule has 0 aromatic heterocycles. The summed E-state index contributed by atoms with van der Waals surface area (Å²) in [6, 6.07) is 3.77. The molecule has 1 aliphatic heterocycles. The Kier molecular flexibility index (Phi) is 4.97. The van der Waals surface area contributed by atoms with Crippen LogP contribution in [0.1, 0.15) is 38.8 Å². The van der Waals surface area contributed by atoms with Crippen LogP contribution in [0, 0.1) is 11.7 Å². The Hall–Kier alpha value is -1.33. The van der Waals surface area contributed by atoms with Crippen LogP contribution in [0.5, 0.6) is 0 Å². The molecule has 1 heterocycles. The number of carbonyl (C=O) groups is 1. The first-order valence-electron chi connectivity index (χ1n) is 7.36. The van der Waals surface area contributed by atoms with Crippen LogP contribution in [-0.4, -0.2) is 29.7 Å². The van der Waals surface area contributed by atoms with Crippen molar-refractivity contribution in [3.63, 3.8) is 0 Å². The van der Waals surface area contributed by atoms with E-state index in [2.05, 4.69) is 0 Å². The normalized spacial score (nSPS) is 20.1. The Labute approximate surface area is 135 Å². The molecule has 2 atom stereocenters. The van der Waals surface area contributed by atoms with Gasteiger partial charge in [-0.3, -0.25) is 0 Å². The zero-order valence-electron chi connectivity index (χ0n) is 13.1. The molecule has 1 aromatic carbocycles. The molecule has 22 heavy (non-hydrogen) atoms. The molecule has 1 amide bonds. The lowest BCUT2D eigenvalue weighted by Crippen LogP contribution is -2.36. The lowest BCUT2D eigenvalue weighted by atomic mass is 9.93. The third-order valence-electron chi connectivity index (χ3n) is 3.70. The van der Waals surface area contributed by atoms with Crippen LogP contribution in [0.4, 0.5) is 9.18 Å². The fourth-order valence-corrected chi connectivity index (χ4v) is 2.84. The van der Waals surface area contributed by atoms with Crippen molar-refractivity contribution in [1.29, 1.82) is 0 Å². The van der Waals surface area contributed by atoms with Crippen LogP contribution in [-0.2, 0) is 4.74 Å². The van der Waals surface area contributed by atoms with Gasteiger partial charge in [0.25, 0.3) is 0 Å². The van der Waals surface area contributed by atoms with Gasteiger partial charge >= 0.3 is 6.09 Å². The second-order valence-electron chi connectivity index (χ2n) is 6.67. The first-order chi connectivity index (χ1) is 10.2. The molecule has 0 saturated carbocycles. The fraction of sp³-hybridized carbons (Fsp3) is 0.562. The average Bonchev–Trinajstić information content (AvgIpc) is 2.88. The van der Waals surface area contributed by atoms with Gasteiger partial charge < -0.3 is 15.4 Å². The highest BCUT2D eigenvalue weighted by atomic mass is 35.5. The number of hydrogen-bond acceptors (Lipinski definition) is 3. The number of ether oxygens (including phenoxy) is 1. The minimum absolute atomic E-state index is 0.0341. The van der Waals surface area contributed by atoms with Crippen LogP contribution in [0.2, 0.25) is 5.02 Å². The van der Waals surface area contributed by atoms with Gasteiger partial charge in [0.05, 0.1) is 0 Å². The molecule has 1 saturated heterocycles. The summed E-state index contributed by atoms with van der Waals surface area (Å²) in [7, 11) is 0. The SMILES string of the molecule is CC(C)(C)OC(=O)N1CCC(C(N)c2cc(F)ccc2Cl)C1. The van der Waals surface area contributed by atoms with Gasteiger partial charge in [0, 0.05) is 24.2 Å². The first-order valence-corrected chi connectivity index (χ1v) is 7.73. The van der Waals surface area contributed by atoms with Crippen molar-refractivity contribution in [3.05, 3.63) is 34.6 Å². The molecule has 0 aliphatic carbocycles. The highest BCUT2D eigenvalue weighted by molar-refractivity contribution is 6.31. The lowest BCUT2D eigenvalue weighted by molar-refractivity contribution is 0.0286. The van der Waals surface area contributed by atoms with Gasteiger partial charge in [-0.15, -0.1) is 0 Å². The quantitative estimate of drug-likeness (QED) is 0.899. The van der Waals surface area contributed by atoms with Gasteiger partial charge in [0.2, 0.25) is 0 Å². The van der Waals surface area contributed by atoms with Crippen molar-refractivity contribution in [2.75, 3.05) is 13.1 Å². The van der Waals surface area contributed by atoms with Crippen molar-refractivity contribution in [2.24, 2.45) is 11.7 Å². The number of carbonyl (C=O) groups excluding carboxylic acids is 1. The highest BCUT2D eigenvalue weighted by Crippen LogP contribution is 2.33. The van der Waals surface area contributed by atoms with E-state index in [-0.39, 0.29) is 17.8 Å². The van der Waals surface area contributed by atoms with Crippen LogP contribution >= 0.6 is 11.6 Å². The van der Waals surface area contributed by atoms with Crippen LogP contribution in [0.25, 0.3) is 0 Å². The zero-order chi connectivity index (χ0) is 16.5. The molecule has 2 unspecified atom stereocenters. The highest BCUT2D eigenvalue weighted by Gasteiger charge is 2.33. The Morgan fingerprint density at radius 3 is 2.82 bits per heavy atom. The second kappa shape index (κ2) is 6.42. The summed E-state index contributed by atoms with van der Waals surface area (Å²) in [6.45, 7) is 6.56. The summed E-state index contributed by atoms with van der Waals surface area (Å²) in [4.78, 5) is 13.7. The summed E-state index contributed by atoms with van der Waals surface area (Å²) >= 11 is 6.10. The van der Waals surface area contributed by atoms with Crippen molar-refractivity contribution in [2.45, 2.75) is 38.8 Å². The topological polar surface area (TPSA) is 55.6 Å². The van der Waals surface area contributed by atoms with E-state index in [0.717, 1.165) is 6.42 Å². The lowest BCUT2D eigenvalue weighted by Gasteiger charge is -2.25. The van der Waals surface area contributed by atoms with E-state index in [1.54, 1.807) is 4.90 Å². The standard InChI is InChI=1S/C16H22ClFN2O2/c1-16(2,3)22-15(21)20-7-6-10(9-20)14(19)12-8-11(18)4-5-13(12)17/h4-5,8,10,14H,6-7,9,19H2,1-3H3. The smallest absolute Gasteiger partial charge is 0.410 e. The maximum atomic E-state index is 13.4. The molecule has 0 radical (unpaired) electrons. The Morgan fingerprint density at radius 2 is 2.18 bits per heavy atom. The summed E-state index contributed by atoms with van der Waals surface area (Å²) in [5, 5.41) is 0.449. The molecule has 4 nitrogen and oxygen atoms in total. The van der Waals surface area contributed by atoms with Gasteiger partial charge in [-0.25, -0.2) is 9.18 Å². The maximum Gasteiger partial charge on any atom is 0.410 e. The molecule has 2 rings (SSSR count). The van der Waals surface area contributed by atoms with Gasteiger partial charge in [0.15, 0.2) is 0 Å². The van der Waals surface area contributed by atoms with Gasteiger partial charge in [-0.05, 0) is 56.9 Å². The predicted octanol–water partition coefficient (Wildman–Crippen LogP) is 3.74. The van der Waals surface area contributed by atoms with Gasteiger partial charge in [-0.1, -0.05) is 11.6 Å². The summed E-state index contributed by atoms with van der Waals surface area (Å²) in [5.74, 6) is -0.330. The van der Waals surface area contributed by atoms with E-state index in [4.69, 9.17) is 22.1 Å². The van der Waals surface area contributed by atoms with Crippen molar-refractivity contribution in [3.8, 4) is 0 Å². The molecule has 0 spiro atoms. The molecule has 2 N–H and O–H groups in total. The Bertz CT molecular complexity index is 560. The van der Waals surface area contributed by atoms with Crippen LogP contribution < -0.4 is 5.73 Å². The molecule has 1 aromatic rings. The largest absolute Gasteiger partial charge is 0.444 e. The number of halogens is 2. The third kappa shape index (κ3) is 4.11. The van der Waals surface area contributed by atoms with E-state index in [1.807, 2.05) is 20.8 Å². The third-order valence-corrected chi connectivity index (χ3v) is 4.05. The summed E-state index contributed by atoms with van der Waals surface area (Å²) < 4.78 is 18.7. The molecular weight excluding hydrogens is 307 g/mol. The van der Waals surface area contributed by atoms with E-state index >= 15 is 0 Å². The van der Waals surface area contributed by atoms with E-state index < -0.39 is 11.6 Å². The monoisotopic (exact) mass is 328 g/mol. The van der Waals surface area contributed by atoms with Crippen molar-refractivity contribution < 1.29 is 13.9 Å². The minimum atomic E-state index is -0.525. The number of amides is 1. The van der Waals surface area contributed by atoms with Gasteiger partial charge in [0.1, 0.15) is 11.4 Å². The first kappa shape index (κ1) is 17.0. The molecule has 1 aliphatic rings. The molecule has 0 bridgehead atoms. The average molecular weight is 329 g/mol. The van der Waals surface area contributed by atoms with E-state index in [1.165, 1.54) is 18.2 Å². The summed E-state index contributed by atoms with van der Waals surface area (Å²) in [6.07, 6.45) is 0.403. The zero-order valence-corrected chi connectivity index (χ0v) is 13.9. The molecule has 1 fully saturated rings. The number of nitrogens with two attached hydrogens (primary N) is 1. The Balaban J connectivity index is 2.03. The maximum absolute atomic E-state index is 13.4. The van der Waals surface area contributed by atoms with E-state index in [0.29, 0.717) is 23.7 Å². The fourth-order valence-electron chi connectivity index (χ4n) is 2.60. The minimum Gasteiger partial charge on any atom is -0.444 e.